The Balaban J connectivity index is 1.10. The molecule has 0 N–H and O–H groups in total. The van der Waals surface area contributed by atoms with Crippen molar-refractivity contribution in [1.29, 1.82) is 0 Å². The molecule has 4 heterocycles. The molecule has 0 atom stereocenters. The minimum Gasteiger partial charge on any atom is -0.265 e. The van der Waals surface area contributed by atoms with Crippen molar-refractivity contribution in [1.82, 2.24) is 24.9 Å². The van der Waals surface area contributed by atoms with Crippen molar-refractivity contribution >= 4 is 21.7 Å². The van der Waals surface area contributed by atoms with Crippen LogP contribution in [0.25, 0.3) is 89.1 Å². The van der Waals surface area contributed by atoms with Crippen molar-refractivity contribution in [2.24, 2.45) is 0 Å². The van der Waals surface area contributed by atoms with Gasteiger partial charge in [0.15, 0.2) is 5.82 Å². The highest BCUT2D eigenvalue weighted by Crippen LogP contribution is 2.37. The highest BCUT2D eigenvalue weighted by atomic mass is 14.9. The van der Waals surface area contributed by atoms with Crippen LogP contribution in [0.15, 0.2) is 176 Å². The Morgan fingerprint density at radius 2 is 0.940 bits per heavy atom. The highest BCUT2D eigenvalue weighted by Gasteiger charge is 2.14. The van der Waals surface area contributed by atoms with Crippen LogP contribution in [-0.2, 0) is 0 Å². The van der Waals surface area contributed by atoms with E-state index in [1.165, 1.54) is 27.3 Å². The Kier molecular flexibility index (Phi) is 7.41. The number of hydrogen-bond acceptors (Lipinski definition) is 5. The van der Waals surface area contributed by atoms with Crippen molar-refractivity contribution in [3.8, 4) is 67.4 Å². The zero-order valence-electron chi connectivity index (χ0n) is 27.0. The summed E-state index contributed by atoms with van der Waals surface area (Å²) in [5.41, 5.74) is 12.1. The Bertz CT molecular complexity index is 2560. The summed E-state index contributed by atoms with van der Waals surface area (Å²) in [5, 5.41) is 3.59. The number of fused-ring (bicyclic) bond motifs is 3. The van der Waals surface area contributed by atoms with E-state index in [2.05, 4.69) is 131 Å². The van der Waals surface area contributed by atoms with E-state index in [0.717, 1.165) is 56.0 Å². The first kappa shape index (κ1) is 29.3. The molecule has 0 fully saturated rings. The van der Waals surface area contributed by atoms with Gasteiger partial charge in [-0.15, -0.1) is 0 Å². The second kappa shape index (κ2) is 12.6. The lowest BCUT2D eigenvalue weighted by atomic mass is 9.94. The fourth-order valence-corrected chi connectivity index (χ4v) is 6.59. The van der Waals surface area contributed by atoms with Crippen LogP contribution in [0.5, 0.6) is 0 Å². The second-order valence-electron chi connectivity index (χ2n) is 12.2. The number of nitrogens with zero attached hydrogens (tertiary/aromatic N) is 5. The van der Waals surface area contributed by atoms with E-state index in [9.17, 15) is 0 Å². The van der Waals surface area contributed by atoms with Gasteiger partial charge in [0, 0.05) is 52.4 Å². The van der Waals surface area contributed by atoms with Gasteiger partial charge in [-0.2, -0.15) is 0 Å². The topological polar surface area (TPSA) is 64.5 Å². The summed E-state index contributed by atoms with van der Waals surface area (Å²) in [4.78, 5) is 23.5. The molecule has 0 aliphatic carbocycles. The summed E-state index contributed by atoms with van der Waals surface area (Å²) in [6.45, 7) is 0. The lowest BCUT2D eigenvalue weighted by molar-refractivity contribution is 1.18. The molecule has 9 rings (SSSR count). The second-order valence-corrected chi connectivity index (χ2v) is 12.2. The number of aromatic nitrogens is 5. The molecule has 0 aliphatic rings. The Hall–Kier alpha value is -6.85. The summed E-state index contributed by atoms with van der Waals surface area (Å²) in [6.07, 6.45) is 7.13. The van der Waals surface area contributed by atoms with Crippen LogP contribution >= 0.6 is 0 Å². The fraction of sp³-hybridized carbons (Fsp3) is 0. The molecule has 234 valence electrons. The van der Waals surface area contributed by atoms with Crippen LogP contribution in [0.2, 0.25) is 0 Å². The van der Waals surface area contributed by atoms with E-state index < -0.39 is 0 Å². The lowest BCUT2D eigenvalue weighted by Gasteiger charge is -2.14. The average molecular weight is 640 g/mol. The SMILES string of the molecule is c1ccc(-c2cc(-c3cccc(-c4ccc(-c5nc(-c6ccncc6)cc(-c6ccncc6)n5)cc4)c3)nc3ccc4ccccc4c23)cc1. The predicted molar refractivity (Wildman–Crippen MR) is 203 cm³/mol. The van der Waals surface area contributed by atoms with Crippen molar-refractivity contribution in [2.75, 3.05) is 0 Å². The normalized spacial score (nSPS) is 11.2. The summed E-state index contributed by atoms with van der Waals surface area (Å²) < 4.78 is 0. The third kappa shape index (κ3) is 5.57. The van der Waals surface area contributed by atoms with Gasteiger partial charge in [-0.05, 0) is 81.6 Å². The van der Waals surface area contributed by atoms with Gasteiger partial charge < -0.3 is 0 Å². The van der Waals surface area contributed by atoms with Crippen molar-refractivity contribution in [2.45, 2.75) is 0 Å². The van der Waals surface area contributed by atoms with E-state index >= 15 is 0 Å². The van der Waals surface area contributed by atoms with Crippen molar-refractivity contribution in [3.05, 3.63) is 176 Å². The lowest BCUT2D eigenvalue weighted by Crippen LogP contribution is -1.96. The van der Waals surface area contributed by atoms with Crippen molar-refractivity contribution in [3.63, 3.8) is 0 Å². The molecule has 0 bridgehead atoms. The molecule has 9 aromatic rings. The van der Waals surface area contributed by atoms with Crippen LogP contribution in [0.1, 0.15) is 0 Å². The molecule has 0 amide bonds. The first-order chi connectivity index (χ1) is 24.8. The quantitative estimate of drug-likeness (QED) is 0.169. The molecule has 0 unspecified atom stereocenters. The number of pyridine rings is 3. The molecule has 4 aromatic heterocycles. The van der Waals surface area contributed by atoms with Gasteiger partial charge in [0.25, 0.3) is 0 Å². The fourth-order valence-electron chi connectivity index (χ4n) is 6.59. The van der Waals surface area contributed by atoms with Gasteiger partial charge >= 0.3 is 0 Å². The maximum absolute atomic E-state index is 5.21. The highest BCUT2D eigenvalue weighted by molar-refractivity contribution is 6.13. The van der Waals surface area contributed by atoms with Gasteiger partial charge in [-0.1, -0.05) is 103 Å². The van der Waals surface area contributed by atoms with Crippen LogP contribution in [0.3, 0.4) is 0 Å². The van der Waals surface area contributed by atoms with Crippen LogP contribution < -0.4 is 0 Å². The smallest absolute Gasteiger partial charge is 0.160 e. The van der Waals surface area contributed by atoms with Crippen LogP contribution in [0.4, 0.5) is 0 Å². The molecule has 0 saturated carbocycles. The maximum Gasteiger partial charge on any atom is 0.160 e. The Morgan fingerprint density at radius 3 is 1.66 bits per heavy atom. The minimum absolute atomic E-state index is 0.660. The van der Waals surface area contributed by atoms with E-state index in [1.54, 1.807) is 24.8 Å². The van der Waals surface area contributed by atoms with E-state index in [0.29, 0.717) is 5.82 Å². The predicted octanol–water partition coefficient (Wildman–Crippen LogP) is 11.0. The maximum atomic E-state index is 5.21. The summed E-state index contributed by atoms with van der Waals surface area (Å²) in [7, 11) is 0. The van der Waals surface area contributed by atoms with E-state index in [1.807, 2.05) is 30.3 Å². The largest absolute Gasteiger partial charge is 0.265 e. The number of benzene rings is 5. The molecule has 0 aliphatic heterocycles. The molecule has 5 nitrogen and oxygen atoms in total. The van der Waals surface area contributed by atoms with E-state index in [4.69, 9.17) is 15.0 Å². The van der Waals surface area contributed by atoms with Gasteiger partial charge in [-0.25, -0.2) is 15.0 Å². The summed E-state index contributed by atoms with van der Waals surface area (Å²) in [5.74, 6) is 0.660. The Labute approximate surface area is 289 Å². The zero-order valence-corrected chi connectivity index (χ0v) is 27.0. The van der Waals surface area contributed by atoms with Crippen molar-refractivity contribution < 1.29 is 0 Å². The molecule has 0 saturated heterocycles. The van der Waals surface area contributed by atoms with Gasteiger partial charge in [0.05, 0.1) is 22.6 Å². The monoisotopic (exact) mass is 639 g/mol. The average Bonchev–Trinajstić information content (AvgIpc) is 3.21. The first-order valence-corrected chi connectivity index (χ1v) is 16.6. The molecular weight excluding hydrogens is 611 g/mol. The standard InChI is InChI=1S/C45H29N5/c1-2-7-31(8-3-1)39-28-41(48-40-18-17-32-9-4-5-12-38(32)44(39)40)37-11-6-10-36(27-37)30-13-15-35(16-14-30)45-49-42(33-19-23-46-24-20-33)29-43(50-45)34-21-25-47-26-22-34/h1-29H. The number of hydrogen-bond donors (Lipinski definition) is 0. The summed E-state index contributed by atoms with van der Waals surface area (Å²) in [6, 6.07) is 52.6. The molecule has 5 heteroatoms. The van der Waals surface area contributed by atoms with Gasteiger partial charge in [0.1, 0.15) is 0 Å². The molecule has 0 radical (unpaired) electrons. The molecule has 50 heavy (non-hydrogen) atoms. The van der Waals surface area contributed by atoms with E-state index in [-0.39, 0.29) is 0 Å². The number of rotatable bonds is 6. The molecule has 5 aromatic carbocycles. The van der Waals surface area contributed by atoms with Crippen LogP contribution in [-0.4, -0.2) is 24.9 Å². The molecular formula is C45H29N5. The van der Waals surface area contributed by atoms with Gasteiger partial charge in [-0.3, -0.25) is 9.97 Å². The molecule has 0 spiro atoms. The van der Waals surface area contributed by atoms with Crippen LogP contribution in [0, 0.1) is 0 Å². The third-order valence-corrected chi connectivity index (χ3v) is 9.10. The zero-order chi connectivity index (χ0) is 33.3. The summed E-state index contributed by atoms with van der Waals surface area (Å²) >= 11 is 0. The minimum atomic E-state index is 0.660. The first-order valence-electron chi connectivity index (χ1n) is 16.6. The van der Waals surface area contributed by atoms with Gasteiger partial charge in [0.2, 0.25) is 0 Å². The Morgan fingerprint density at radius 1 is 0.340 bits per heavy atom. The third-order valence-electron chi connectivity index (χ3n) is 9.10.